The summed E-state index contributed by atoms with van der Waals surface area (Å²) in [5.41, 5.74) is 12.0. The lowest BCUT2D eigenvalue weighted by molar-refractivity contribution is -0.124. The zero-order chi connectivity index (χ0) is 48.1. The molecule has 0 fully saturated rings. The Labute approximate surface area is 407 Å². The molecule has 2 amide bonds. The van der Waals surface area contributed by atoms with Crippen molar-refractivity contribution in [2.24, 2.45) is 0 Å². The molecule has 0 saturated carbocycles. The molecule has 2 aliphatic rings. The van der Waals surface area contributed by atoms with Crippen LogP contribution in [0.4, 0.5) is 34.1 Å². The number of aliphatic hydroxyl groups excluding tert-OH is 2. The van der Waals surface area contributed by atoms with Crippen molar-refractivity contribution in [2.75, 3.05) is 24.0 Å². The zero-order valence-corrected chi connectivity index (χ0v) is 38.8. The van der Waals surface area contributed by atoms with Crippen LogP contribution in [0.25, 0.3) is 11.4 Å². The van der Waals surface area contributed by atoms with Gasteiger partial charge in [0.05, 0.1) is 63.1 Å². The van der Waals surface area contributed by atoms with Crippen molar-refractivity contribution in [3.05, 3.63) is 251 Å². The fourth-order valence-corrected chi connectivity index (χ4v) is 9.22. The minimum absolute atomic E-state index is 0.0665. The van der Waals surface area contributed by atoms with E-state index in [1.807, 2.05) is 206 Å². The molecule has 2 N–H and O–H groups in total. The molecule has 0 unspecified atom stereocenters. The summed E-state index contributed by atoms with van der Waals surface area (Å²) >= 11 is 0. The van der Waals surface area contributed by atoms with Crippen LogP contribution in [-0.2, 0) is 35.9 Å². The first-order chi connectivity index (χ1) is 34.3. The van der Waals surface area contributed by atoms with Gasteiger partial charge in [-0.25, -0.2) is 0 Å². The lowest BCUT2D eigenvalue weighted by Gasteiger charge is -2.28. The summed E-state index contributed by atoms with van der Waals surface area (Å²) in [4.78, 5) is 38.5. The fraction of sp³-hybridized carbons (Fsp3) is 0.100. The van der Waals surface area contributed by atoms with Crippen LogP contribution in [0.1, 0.15) is 33.4 Å². The van der Waals surface area contributed by atoms with Crippen molar-refractivity contribution >= 4 is 57.3 Å². The summed E-state index contributed by atoms with van der Waals surface area (Å²) in [5.74, 6) is 0.951. The maximum absolute atomic E-state index is 15.4. The highest BCUT2D eigenvalue weighted by atomic mass is 16.5. The molecule has 2 heterocycles. The van der Waals surface area contributed by atoms with Crippen LogP contribution in [0.3, 0.4) is 0 Å². The van der Waals surface area contributed by atoms with Crippen LogP contribution in [-0.4, -0.2) is 46.0 Å². The van der Waals surface area contributed by atoms with Gasteiger partial charge >= 0.3 is 0 Å². The van der Waals surface area contributed by atoms with E-state index in [9.17, 15) is 10.2 Å². The number of amides is 2. The topological polar surface area (TPSA) is 106 Å². The molecule has 0 aromatic heterocycles. The smallest absolute Gasteiger partial charge is 0.261 e. The predicted molar refractivity (Wildman–Crippen MR) is 275 cm³/mol. The van der Waals surface area contributed by atoms with Crippen LogP contribution in [0.15, 0.2) is 217 Å². The van der Waals surface area contributed by atoms with E-state index in [-0.39, 0.29) is 38.1 Å². The van der Waals surface area contributed by atoms with Crippen LogP contribution in [0, 0.1) is 0 Å². The number of carbonyl (C=O) groups excluding carboxylic acids is 2. The third-order valence-corrected chi connectivity index (χ3v) is 12.8. The van der Waals surface area contributed by atoms with Crippen molar-refractivity contribution in [1.29, 1.82) is 0 Å². The standard InChI is InChI=1S/C60H50N4O6/c1-69-53-33-29-51(30-34-53)63(47-21-13-43(39-65)14-22-47)49-25-17-45(18-26-49)57-55-56(60(68)61(57)37-41-9-5-3-6-10-41)58(62(59(55)67)38-42-11-7-4-8-12-42)46-19-27-50(28-20-46)64(48-23-15-44(40-66)16-24-48)52-31-35-54(70-2)36-32-52/h3-36,65-66H,37-40H2,1-2H3. The maximum atomic E-state index is 15.4. The van der Waals surface area contributed by atoms with Gasteiger partial charge in [-0.05, 0) is 130 Å². The Morgan fingerprint density at radius 2 is 0.657 bits per heavy atom. The molecular formula is C60H50N4O6. The average Bonchev–Trinajstić information content (AvgIpc) is 3.86. The Morgan fingerprint density at radius 3 is 0.943 bits per heavy atom. The van der Waals surface area contributed by atoms with Gasteiger partial charge in [0.25, 0.3) is 11.8 Å². The molecular weight excluding hydrogens is 873 g/mol. The Kier molecular flexibility index (Phi) is 12.8. The van der Waals surface area contributed by atoms with Gasteiger partial charge in [0.15, 0.2) is 0 Å². The highest BCUT2D eigenvalue weighted by molar-refractivity contribution is 6.30. The van der Waals surface area contributed by atoms with Crippen molar-refractivity contribution < 1.29 is 29.3 Å². The first-order valence-electron chi connectivity index (χ1n) is 23.0. The lowest BCUT2D eigenvalue weighted by Crippen LogP contribution is -2.29. The van der Waals surface area contributed by atoms with Gasteiger partial charge in [0, 0.05) is 34.1 Å². The number of hydrogen-bond acceptors (Lipinski definition) is 8. The van der Waals surface area contributed by atoms with Gasteiger partial charge in [-0.3, -0.25) is 9.59 Å². The summed E-state index contributed by atoms with van der Waals surface area (Å²) in [6.07, 6.45) is 0. The Hall–Kier alpha value is -8.70. The van der Waals surface area contributed by atoms with Crippen molar-refractivity contribution in [1.82, 2.24) is 9.80 Å². The van der Waals surface area contributed by atoms with E-state index in [1.54, 1.807) is 24.0 Å². The SMILES string of the molecule is COc1ccc(N(c2ccc(CO)cc2)c2ccc(C3=C4C(=O)N(Cc5ccccc5)C(c5ccc(N(c6ccc(CO)cc6)c6ccc(OC)cc6)cc5)=C4C(=O)N3Cc3ccccc3)cc2)cc1. The van der Waals surface area contributed by atoms with Gasteiger partial charge in [0.1, 0.15) is 11.5 Å². The Bertz CT molecular complexity index is 2880. The second-order valence-electron chi connectivity index (χ2n) is 17.0. The summed E-state index contributed by atoms with van der Waals surface area (Å²) in [7, 11) is 3.28. The number of anilines is 6. The van der Waals surface area contributed by atoms with E-state index < -0.39 is 0 Å². The summed E-state index contributed by atoms with van der Waals surface area (Å²) in [6, 6.07) is 66.7. The van der Waals surface area contributed by atoms with E-state index in [0.29, 0.717) is 22.5 Å². The number of rotatable bonds is 16. The Morgan fingerprint density at radius 1 is 0.371 bits per heavy atom. The molecule has 8 aromatic rings. The number of nitrogens with zero attached hydrogens (tertiary/aromatic N) is 4. The number of fused-ring (bicyclic) bond motifs is 1. The van der Waals surface area contributed by atoms with Crippen molar-refractivity contribution in [2.45, 2.75) is 26.3 Å². The second-order valence-corrected chi connectivity index (χ2v) is 17.0. The third-order valence-electron chi connectivity index (χ3n) is 12.8. The number of hydrogen-bond donors (Lipinski definition) is 2. The fourth-order valence-electron chi connectivity index (χ4n) is 9.22. The molecule has 0 atom stereocenters. The van der Waals surface area contributed by atoms with E-state index in [0.717, 1.165) is 79.0 Å². The van der Waals surface area contributed by atoms with Gasteiger partial charge in [-0.15, -0.1) is 0 Å². The van der Waals surface area contributed by atoms with Crippen LogP contribution < -0.4 is 19.3 Å². The molecule has 10 nitrogen and oxygen atoms in total. The van der Waals surface area contributed by atoms with E-state index in [4.69, 9.17) is 9.47 Å². The predicted octanol–water partition coefficient (Wildman–Crippen LogP) is 11.8. The quantitative estimate of drug-likeness (QED) is 0.0987. The average molecular weight is 923 g/mol. The molecule has 10 heteroatoms. The van der Waals surface area contributed by atoms with Crippen LogP contribution in [0.2, 0.25) is 0 Å². The monoisotopic (exact) mass is 922 g/mol. The van der Waals surface area contributed by atoms with Gasteiger partial charge in [-0.1, -0.05) is 109 Å². The van der Waals surface area contributed by atoms with Crippen LogP contribution >= 0.6 is 0 Å². The second kappa shape index (κ2) is 19.9. The molecule has 10 rings (SSSR count). The molecule has 346 valence electrons. The Balaban J connectivity index is 1.11. The van der Waals surface area contributed by atoms with E-state index >= 15 is 9.59 Å². The number of methoxy groups -OCH3 is 2. The van der Waals surface area contributed by atoms with Gasteiger partial charge < -0.3 is 39.3 Å². The van der Waals surface area contributed by atoms with Crippen molar-refractivity contribution in [3.8, 4) is 11.5 Å². The number of ether oxygens (including phenoxy) is 2. The third kappa shape index (κ3) is 8.80. The molecule has 70 heavy (non-hydrogen) atoms. The zero-order valence-electron chi connectivity index (χ0n) is 38.8. The molecule has 0 spiro atoms. The lowest BCUT2D eigenvalue weighted by atomic mass is 10.0. The molecule has 0 aliphatic carbocycles. The molecule has 2 aliphatic heterocycles. The van der Waals surface area contributed by atoms with E-state index in [2.05, 4.69) is 9.80 Å². The number of carbonyl (C=O) groups is 2. The number of aliphatic hydroxyl groups is 2. The minimum Gasteiger partial charge on any atom is -0.497 e. The van der Waals surface area contributed by atoms with Gasteiger partial charge in [-0.2, -0.15) is 0 Å². The molecule has 8 aromatic carbocycles. The highest BCUT2D eigenvalue weighted by Gasteiger charge is 2.49. The molecule has 0 saturated heterocycles. The summed E-state index contributed by atoms with van der Waals surface area (Å²) in [5, 5.41) is 19.6. The first kappa shape index (κ1) is 45.1. The number of benzene rings is 8. The molecule has 0 bridgehead atoms. The maximum Gasteiger partial charge on any atom is 0.261 e. The van der Waals surface area contributed by atoms with E-state index in [1.165, 1.54) is 0 Å². The highest BCUT2D eigenvalue weighted by Crippen LogP contribution is 2.49. The largest absolute Gasteiger partial charge is 0.497 e. The first-order valence-corrected chi connectivity index (χ1v) is 23.0. The summed E-state index contributed by atoms with van der Waals surface area (Å²) in [6.45, 7) is 0.373. The molecule has 0 radical (unpaired) electrons. The van der Waals surface area contributed by atoms with Crippen LogP contribution in [0.5, 0.6) is 11.5 Å². The normalized spacial score (nSPS) is 13.3. The summed E-state index contributed by atoms with van der Waals surface area (Å²) < 4.78 is 11.0. The minimum atomic E-state index is -0.256. The van der Waals surface area contributed by atoms with Gasteiger partial charge in [0.2, 0.25) is 0 Å². The van der Waals surface area contributed by atoms with Crippen molar-refractivity contribution in [3.63, 3.8) is 0 Å².